The van der Waals surface area contributed by atoms with Gasteiger partial charge in [0.2, 0.25) is 5.91 Å². The highest BCUT2D eigenvalue weighted by Gasteiger charge is 2.26. The van der Waals surface area contributed by atoms with E-state index in [1.54, 1.807) is 13.2 Å². The van der Waals surface area contributed by atoms with E-state index in [4.69, 9.17) is 4.74 Å². The molecule has 0 bridgehead atoms. The van der Waals surface area contributed by atoms with Gasteiger partial charge in [-0.1, -0.05) is 12.1 Å². The highest BCUT2D eigenvalue weighted by Crippen LogP contribution is 2.21. The lowest BCUT2D eigenvalue weighted by atomic mass is 10.1. The van der Waals surface area contributed by atoms with E-state index in [0.29, 0.717) is 6.04 Å². The smallest absolute Gasteiger partial charge is 0.247 e. The number of ether oxygens (including phenoxy) is 1. The summed E-state index contributed by atoms with van der Waals surface area (Å²) in [5.74, 6) is 0.938. The van der Waals surface area contributed by atoms with Crippen LogP contribution in [0.2, 0.25) is 0 Å². The summed E-state index contributed by atoms with van der Waals surface area (Å²) < 4.78 is 5.15. The Morgan fingerprint density at radius 1 is 1.43 bits per heavy atom. The molecule has 21 heavy (non-hydrogen) atoms. The number of likely N-dealkylation sites (tertiary alicyclic amines) is 1. The van der Waals surface area contributed by atoms with Crippen LogP contribution < -0.4 is 10.1 Å². The van der Waals surface area contributed by atoms with Crippen LogP contribution in [-0.2, 0) is 4.79 Å². The van der Waals surface area contributed by atoms with Gasteiger partial charge in [-0.05, 0) is 50.1 Å². The maximum Gasteiger partial charge on any atom is 0.247 e. The fraction of sp³-hybridized carbons (Fsp3) is 0.471. The zero-order valence-electron chi connectivity index (χ0n) is 13.1. The van der Waals surface area contributed by atoms with E-state index in [1.165, 1.54) is 0 Å². The van der Waals surface area contributed by atoms with Crippen LogP contribution in [0.3, 0.4) is 0 Å². The van der Waals surface area contributed by atoms with Crippen molar-refractivity contribution in [3.05, 3.63) is 35.9 Å². The first-order valence-electron chi connectivity index (χ1n) is 7.43. The largest absolute Gasteiger partial charge is 0.497 e. The quantitative estimate of drug-likeness (QED) is 0.845. The summed E-state index contributed by atoms with van der Waals surface area (Å²) in [7, 11) is 3.58. The summed E-state index contributed by atoms with van der Waals surface area (Å²) in [5, 5.41) is 3.16. The van der Waals surface area contributed by atoms with Crippen LogP contribution in [-0.4, -0.2) is 44.1 Å². The lowest BCUT2D eigenvalue weighted by molar-refractivity contribution is -0.126. The van der Waals surface area contributed by atoms with Gasteiger partial charge in [-0.2, -0.15) is 0 Å². The maximum atomic E-state index is 12.4. The van der Waals surface area contributed by atoms with Crippen LogP contribution >= 0.6 is 0 Å². The van der Waals surface area contributed by atoms with Crippen LogP contribution in [0.5, 0.6) is 5.75 Å². The molecule has 0 radical (unpaired) electrons. The van der Waals surface area contributed by atoms with Gasteiger partial charge in [0.1, 0.15) is 5.75 Å². The first kappa shape index (κ1) is 15.6. The molecule has 1 aliphatic heterocycles. The Morgan fingerprint density at radius 3 is 2.76 bits per heavy atom. The number of hydrogen-bond donors (Lipinski definition) is 1. The normalized spacial score (nSPS) is 18.9. The zero-order valence-corrected chi connectivity index (χ0v) is 13.1. The molecule has 0 spiro atoms. The molecule has 0 saturated carbocycles. The van der Waals surface area contributed by atoms with E-state index < -0.39 is 0 Å². The van der Waals surface area contributed by atoms with Gasteiger partial charge in [0, 0.05) is 25.2 Å². The van der Waals surface area contributed by atoms with E-state index in [9.17, 15) is 4.79 Å². The van der Waals surface area contributed by atoms with Crippen molar-refractivity contribution in [1.29, 1.82) is 0 Å². The predicted octanol–water partition coefficient (Wildman–Crippen LogP) is 2.31. The molecule has 1 fully saturated rings. The molecule has 2 rings (SSSR count). The minimum Gasteiger partial charge on any atom is -0.497 e. The average molecular weight is 288 g/mol. The number of carbonyl (C=O) groups is 1. The number of nitrogens with one attached hydrogen (secondary N) is 1. The Bertz CT molecular complexity index is 508. The molecule has 0 aromatic heterocycles. The molecule has 4 nitrogen and oxygen atoms in total. The number of benzene rings is 1. The molecule has 1 aromatic rings. The summed E-state index contributed by atoms with van der Waals surface area (Å²) in [5.41, 5.74) is 2.03. The first-order chi connectivity index (χ1) is 10.2. The van der Waals surface area contributed by atoms with E-state index in [1.807, 2.05) is 43.1 Å². The van der Waals surface area contributed by atoms with Crippen LogP contribution in [0.25, 0.3) is 5.57 Å². The lowest BCUT2D eigenvalue weighted by Gasteiger charge is -2.23. The van der Waals surface area contributed by atoms with Crippen molar-refractivity contribution in [1.82, 2.24) is 10.2 Å². The number of methoxy groups -OCH3 is 1. The summed E-state index contributed by atoms with van der Waals surface area (Å²) in [4.78, 5) is 14.4. The summed E-state index contributed by atoms with van der Waals surface area (Å²) in [6, 6.07) is 8.11. The number of nitrogens with zero attached hydrogens (tertiary/aromatic N) is 1. The van der Waals surface area contributed by atoms with E-state index in [-0.39, 0.29) is 5.91 Å². The zero-order chi connectivity index (χ0) is 15.2. The monoisotopic (exact) mass is 288 g/mol. The summed E-state index contributed by atoms with van der Waals surface area (Å²) >= 11 is 0. The molecular formula is C17H24N2O2. The van der Waals surface area contributed by atoms with Crippen molar-refractivity contribution in [3.8, 4) is 5.75 Å². The molecule has 1 N–H and O–H groups in total. The third-order valence-corrected chi connectivity index (χ3v) is 3.99. The molecule has 1 aromatic carbocycles. The van der Waals surface area contributed by atoms with Gasteiger partial charge in [0.25, 0.3) is 0 Å². The van der Waals surface area contributed by atoms with Crippen molar-refractivity contribution in [2.24, 2.45) is 0 Å². The number of hydrogen-bond acceptors (Lipinski definition) is 3. The number of likely N-dealkylation sites (N-methyl/N-ethyl adjacent to an activating group) is 1. The molecular weight excluding hydrogens is 264 g/mol. The molecule has 1 saturated heterocycles. The Hall–Kier alpha value is -1.81. The third kappa shape index (κ3) is 3.85. The Labute approximate surface area is 126 Å². The van der Waals surface area contributed by atoms with E-state index >= 15 is 0 Å². The third-order valence-electron chi connectivity index (χ3n) is 3.99. The first-order valence-corrected chi connectivity index (χ1v) is 7.43. The van der Waals surface area contributed by atoms with Crippen LogP contribution in [0, 0.1) is 0 Å². The van der Waals surface area contributed by atoms with Crippen molar-refractivity contribution in [3.63, 3.8) is 0 Å². The van der Waals surface area contributed by atoms with Crippen molar-refractivity contribution < 1.29 is 9.53 Å². The molecule has 1 heterocycles. The molecule has 1 amide bonds. The Morgan fingerprint density at radius 2 is 2.14 bits per heavy atom. The van der Waals surface area contributed by atoms with Crippen molar-refractivity contribution >= 4 is 11.5 Å². The lowest BCUT2D eigenvalue weighted by Crippen LogP contribution is -2.40. The summed E-state index contributed by atoms with van der Waals surface area (Å²) in [6.45, 7) is 3.70. The predicted molar refractivity (Wildman–Crippen MR) is 85.3 cm³/mol. The second-order valence-electron chi connectivity index (χ2n) is 5.44. The fourth-order valence-electron chi connectivity index (χ4n) is 2.78. The number of carbonyl (C=O) groups excluding carboxylic acids is 1. The van der Waals surface area contributed by atoms with Gasteiger partial charge >= 0.3 is 0 Å². The van der Waals surface area contributed by atoms with Gasteiger partial charge in [-0.25, -0.2) is 0 Å². The van der Waals surface area contributed by atoms with Crippen LogP contribution in [0.4, 0.5) is 0 Å². The molecule has 1 unspecified atom stereocenters. The topological polar surface area (TPSA) is 41.6 Å². The second kappa shape index (κ2) is 7.27. The second-order valence-corrected chi connectivity index (χ2v) is 5.44. The van der Waals surface area contributed by atoms with E-state index in [2.05, 4.69) is 5.32 Å². The fourth-order valence-corrected chi connectivity index (χ4v) is 2.78. The standard InChI is InChI=1S/C17H24N2O2/c1-13(14-6-8-16(21-3)9-7-14)11-17(20)19-10-4-5-15(19)12-18-2/h6-9,11,15,18H,4-5,10,12H2,1-3H3/b13-11-. The average Bonchev–Trinajstić information content (AvgIpc) is 2.96. The van der Waals surface area contributed by atoms with Gasteiger partial charge in [0.15, 0.2) is 0 Å². The van der Waals surface area contributed by atoms with Gasteiger partial charge in [-0.3, -0.25) is 4.79 Å². The van der Waals surface area contributed by atoms with Crippen molar-refractivity contribution in [2.45, 2.75) is 25.8 Å². The highest BCUT2D eigenvalue weighted by molar-refractivity contribution is 5.95. The maximum absolute atomic E-state index is 12.4. The van der Waals surface area contributed by atoms with Gasteiger partial charge in [0.05, 0.1) is 7.11 Å². The van der Waals surface area contributed by atoms with Crippen molar-refractivity contribution in [2.75, 3.05) is 27.2 Å². The number of allylic oxidation sites excluding steroid dienone is 1. The van der Waals surface area contributed by atoms with Gasteiger partial charge < -0.3 is 15.0 Å². The minimum atomic E-state index is 0.112. The van der Waals surface area contributed by atoms with Crippen LogP contribution in [0.1, 0.15) is 25.3 Å². The van der Waals surface area contributed by atoms with Gasteiger partial charge in [-0.15, -0.1) is 0 Å². The SMILES string of the molecule is CNCC1CCCN1C(=O)/C=C(/C)c1ccc(OC)cc1. The minimum absolute atomic E-state index is 0.112. The van der Waals surface area contributed by atoms with Crippen LogP contribution in [0.15, 0.2) is 30.3 Å². The van der Waals surface area contributed by atoms with E-state index in [0.717, 1.165) is 42.8 Å². The molecule has 1 atom stereocenters. The molecule has 4 heteroatoms. The molecule has 1 aliphatic rings. The Balaban J connectivity index is 2.08. The summed E-state index contributed by atoms with van der Waals surface area (Å²) in [6.07, 6.45) is 3.92. The number of rotatable bonds is 5. The highest BCUT2D eigenvalue weighted by atomic mass is 16.5. The number of amides is 1. The Kier molecular flexibility index (Phi) is 5.39. The molecule has 0 aliphatic carbocycles. The molecule has 114 valence electrons.